The molecule has 1 saturated carbocycles. The summed E-state index contributed by atoms with van der Waals surface area (Å²) in [6.07, 6.45) is 4.31. The van der Waals surface area contributed by atoms with Crippen molar-refractivity contribution in [1.29, 1.82) is 0 Å². The largest absolute Gasteiger partial charge is 0.486 e. The topological polar surface area (TPSA) is 97.4 Å². The Morgan fingerprint density at radius 3 is 2.53 bits per heavy atom. The molecule has 4 rings (SSSR count). The van der Waals surface area contributed by atoms with Gasteiger partial charge in [-0.1, -0.05) is 56.3 Å². The maximum absolute atomic E-state index is 12.8. The molecule has 1 aliphatic carbocycles. The quantitative estimate of drug-likeness (QED) is 0.331. The first-order valence-electron chi connectivity index (χ1n) is 12.9. The number of benzene rings is 2. The summed E-state index contributed by atoms with van der Waals surface area (Å²) in [5.74, 6) is 0.990. The van der Waals surface area contributed by atoms with Gasteiger partial charge in [0.25, 0.3) is 5.91 Å². The number of thiazole rings is 1. The molecule has 0 radical (unpaired) electrons. The van der Waals surface area contributed by atoms with Gasteiger partial charge in [0, 0.05) is 22.9 Å². The van der Waals surface area contributed by atoms with E-state index >= 15 is 0 Å². The number of nitrogens with zero attached hydrogens (tertiary/aromatic N) is 1. The molecule has 2 N–H and O–H groups in total. The van der Waals surface area contributed by atoms with Crippen molar-refractivity contribution in [2.24, 2.45) is 0 Å². The number of sulfonamides is 1. The molecular formula is C29H35N3O4S2. The first-order valence-corrected chi connectivity index (χ1v) is 15.3. The molecule has 9 heteroatoms. The second kappa shape index (κ2) is 12.7. The second-order valence-corrected chi connectivity index (χ2v) is 12.5. The van der Waals surface area contributed by atoms with E-state index in [2.05, 4.69) is 41.0 Å². The Labute approximate surface area is 229 Å². The Morgan fingerprint density at radius 1 is 1.11 bits per heavy atom. The fraction of sp³-hybridized carbons (Fsp3) is 0.379. The number of aromatic nitrogens is 1. The molecule has 0 bridgehead atoms. The van der Waals surface area contributed by atoms with Crippen LogP contribution in [0.5, 0.6) is 5.75 Å². The van der Waals surface area contributed by atoms with Crippen LogP contribution in [0.25, 0.3) is 6.08 Å². The minimum atomic E-state index is -3.53. The van der Waals surface area contributed by atoms with Crippen LogP contribution < -0.4 is 14.8 Å². The maximum Gasteiger partial charge on any atom is 0.270 e. The van der Waals surface area contributed by atoms with Gasteiger partial charge >= 0.3 is 0 Å². The van der Waals surface area contributed by atoms with E-state index in [-0.39, 0.29) is 18.0 Å². The average molecular weight is 554 g/mol. The van der Waals surface area contributed by atoms with Crippen molar-refractivity contribution in [3.63, 3.8) is 0 Å². The van der Waals surface area contributed by atoms with Gasteiger partial charge in [0.2, 0.25) is 10.0 Å². The van der Waals surface area contributed by atoms with Crippen molar-refractivity contribution >= 4 is 33.3 Å². The van der Waals surface area contributed by atoms with Gasteiger partial charge in [0.05, 0.1) is 0 Å². The van der Waals surface area contributed by atoms with Crippen molar-refractivity contribution in [2.75, 3.05) is 0 Å². The number of amides is 1. The lowest BCUT2D eigenvalue weighted by molar-refractivity contribution is 0.0920. The molecule has 7 nitrogen and oxygen atoms in total. The predicted molar refractivity (Wildman–Crippen MR) is 153 cm³/mol. The van der Waals surface area contributed by atoms with Crippen molar-refractivity contribution in [1.82, 2.24) is 15.0 Å². The Morgan fingerprint density at radius 2 is 1.82 bits per heavy atom. The standard InChI is InChI=1S/C29H35N3O4S2/c1-20(2)25-14-9-21(3)17-27(25)36-18-28-31-26(19-37-28)29(33)30-23-10-12-24(13-11-23)32-38(34,35)16-15-22-7-5-4-6-8-22/h4-9,14-17,19-20,23-24,32H,10-13,18H2,1-3H3,(H,30,33)/b16-15+. The van der Waals surface area contributed by atoms with Gasteiger partial charge in [-0.25, -0.2) is 18.1 Å². The summed E-state index contributed by atoms with van der Waals surface area (Å²) in [5, 5.41) is 6.77. The molecule has 1 heterocycles. The summed E-state index contributed by atoms with van der Waals surface area (Å²) in [6, 6.07) is 15.4. The highest BCUT2D eigenvalue weighted by Gasteiger charge is 2.26. The molecule has 1 aromatic heterocycles. The van der Waals surface area contributed by atoms with Gasteiger partial charge in [0.1, 0.15) is 23.1 Å². The first-order chi connectivity index (χ1) is 18.2. The zero-order valence-electron chi connectivity index (χ0n) is 22.0. The zero-order valence-corrected chi connectivity index (χ0v) is 23.6. The number of nitrogens with one attached hydrogen (secondary N) is 2. The van der Waals surface area contributed by atoms with E-state index in [4.69, 9.17) is 4.74 Å². The van der Waals surface area contributed by atoms with Gasteiger partial charge in [-0.15, -0.1) is 11.3 Å². The van der Waals surface area contributed by atoms with Crippen LogP contribution in [-0.4, -0.2) is 31.4 Å². The zero-order chi connectivity index (χ0) is 27.1. The van der Waals surface area contributed by atoms with Crippen molar-refractivity contribution in [3.05, 3.63) is 86.7 Å². The monoisotopic (exact) mass is 553 g/mol. The Kier molecular flexibility index (Phi) is 9.35. The van der Waals surface area contributed by atoms with Gasteiger partial charge in [-0.2, -0.15) is 0 Å². The number of hydrogen-bond donors (Lipinski definition) is 2. The van der Waals surface area contributed by atoms with E-state index < -0.39 is 10.0 Å². The van der Waals surface area contributed by atoms with E-state index in [1.807, 2.05) is 43.3 Å². The summed E-state index contributed by atoms with van der Waals surface area (Å²) in [5.41, 5.74) is 3.50. The number of rotatable bonds is 10. The molecule has 0 spiro atoms. The van der Waals surface area contributed by atoms with Crippen LogP contribution in [0.15, 0.2) is 59.3 Å². The molecule has 1 aliphatic rings. The number of aryl methyl sites for hydroxylation is 1. The summed E-state index contributed by atoms with van der Waals surface area (Å²) in [6.45, 7) is 6.61. The number of carbonyl (C=O) groups is 1. The molecular weight excluding hydrogens is 518 g/mol. The van der Waals surface area contributed by atoms with Crippen LogP contribution in [0.1, 0.15) is 77.6 Å². The number of hydrogen-bond acceptors (Lipinski definition) is 6. The van der Waals surface area contributed by atoms with E-state index in [0.29, 0.717) is 43.9 Å². The smallest absolute Gasteiger partial charge is 0.270 e. The van der Waals surface area contributed by atoms with Gasteiger partial charge in [-0.05, 0) is 67.4 Å². The molecule has 2 aromatic carbocycles. The van der Waals surface area contributed by atoms with Crippen LogP contribution in [0.2, 0.25) is 0 Å². The maximum atomic E-state index is 12.8. The lowest BCUT2D eigenvalue weighted by Gasteiger charge is -2.29. The van der Waals surface area contributed by atoms with Gasteiger partial charge < -0.3 is 10.1 Å². The normalized spacial score (nSPS) is 18.1. The van der Waals surface area contributed by atoms with Gasteiger partial charge in [-0.3, -0.25) is 4.79 Å². The van der Waals surface area contributed by atoms with E-state index in [1.165, 1.54) is 16.7 Å². The van der Waals surface area contributed by atoms with Crippen LogP contribution in [-0.2, 0) is 16.6 Å². The SMILES string of the molecule is Cc1ccc(C(C)C)c(OCc2nc(C(=O)NC3CCC(NS(=O)(=O)/C=C/c4ccccc4)CC3)cs2)c1. The third-order valence-corrected chi connectivity index (χ3v) is 8.54. The Bertz CT molecular complexity index is 1360. The molecule has 0 aliphatic heterocycles. The summed E-state index contributed by atoms with van der Waals surface area (Å²) in [4.78, 5) is 17.3. The fourth-order valence-electron chi connectivity index (χ4n) is 4.48. The van der Waals surface area contributed by atoms with Gasteiger partial charge in [0.15, 0.2) is 0 Å². The van der Waals surface area contributed by atoms with Crippen LogP contribution >= 0.6 is 11.3 Å². The third kappa shape index (κ3) is 7.99. The summed E-state index contributed by atoms with van der Waals surface area (Å²) in [7, 11) is -3.53. The highest BCUT2D eigenvalue weighted by Crippen LogP contribution is 2.28. The molecule has 1 fully saturated rings. The summed E-state index contributed by atoms with van der Waals surface area (Å²) >= 11 is 1.41. The lowest BCUT2D eigenvalue weighted by Crippen LogP contribution is -2.43. The number of ether oxygens (including phenoxy) is 1. The minimum absolute atomic E-state index is 0.00888. The highest BCUT2D eigenvalue weighted by molar-refractivity contribution is 7.92. The van der Waals surface area contributed by atoms with Crippen molar-refractivity contribution < 1.29 is 17.9 Å². The lowest BCUT2D eigenvalue weighted by atomic mass is 9.92. The molecule has 38 heavy (non-hydrogen) atoms. The second-order valence-electron chi connectivity index (χ2n) is 10.0. The molecule has 3 aromatic rings. The van der Waals surface area contributed by atoms with E-state index in [9.17, 15) is 13.2 Å². The Balaban J connectivity index is 1.24. The fourth-order valence-corrected chi connectivity index (χ4v) is 6.28. The van der Waals surface area contributed by atoms with Crippen LogP contribution in [0.4, 0.5) is 0 Å². The molecule has 0 unspecified atom stereocenters. The number of carbonyl (C=O) groups excluding carboxylic acids is 1. The van der Waals surface area contributed by atoms with E-state index in [0.717, 1.165) is 27.4 Å². The molecule has 0 atom stereocenters. The van der Waals surface area contributed by atoms with Crippen molar-refractivity contribution in [3.8, 4) is 5.75 Å². The van der Waals surface area contributed by atoms with Crippen LogP contribution in [0.3, 0.4) is 0 Å². The average Bonchev–Trinajstić information content (AvgIpc) is 3.37. The molecule has 0 saturated heterocycles. The highest BCUT2D eigenvalue weighted by atomic mass is 32.2. The molecule has 202 valence electrons. The molecule has 1 amide bonds. The van der Waals surface area contributed by atoms with Crippen LogP contribution in [0, 0.1) is 6.92 Å². The van der Waals surface area contributed by atoms with Crippen molar-refractivity contribution in [2.45, 2.75) is 71.1 Å². The van der Waals surface area contributed by atoms with E-state index in [1.54, 1.807) is 11.5 Å². The predicted octanol–water partition coefficient (Wildman–Crippen LogP) is 5.79. The minimum Gasteiger partial charge on any atom is -0.486 e. The first kappa shape index (κ1) is 28.0. The Hall–Kier alpha value is -3.01. The third-order valence-electron chi connectivity index (χ3n) is 6.56. The summed E-state index contributed by atoms with van der Waals surface area (Å²) < 4.78 is 33.7.